The summed E-state index contributed by atoms with van der Waals surface area (Å²) in [5, 5.41) is 5.08. The van der Waals surface area contributed by atoms with E-state index in [9.17, 15) is 13.2 Å². The molecule has 1 saturated heterocycles. The van der Waals surface area contributed by atoms with E-state index in [1.807, 2.05) is 42.5 Å². The number of carbonyl (C=O) groups excluding carboxylic acids is 1. The Morgan fingerprint density at radius 2 is 1.75 bits per heavy atom. The van der Waals surface area contributed by atoms with E-state index in [1.165, 1.54) is 10.4 Å². The van der Waals surface area contributed by atoms with Gasteiger partial charge in [0.05, 0.1) is 4.34 Å². The quantitative estimate of drug-likeness (QED) is 0.652. The minimum atomic E-state index is -3.54. The minimum absolute atomic E-state index is 0.0624. The Bertz CT molecular complexity index is 1110. The number of piperidine rings is 1. The summed E-state index contributed by atoms with van der Waals surface area (Å²) in [7, 11) is -3.54. The standard InChI is InChI=1S/C20H19ClN2O3S2/c21-18-8-9-19(27-18)28(25,26)23-12-10-15(11-13-23)20(24)22-17-7-3-5-14-4-1-2-6-16(14)17/h1-9,15H,10-13H2,(H,22,24). The molecule has 2 aromatic carbocycles. The van der Waals surface area contributed by atoms with Gasteiger partial charge in [0.2, 0.25) is 5.91 Å². The molecule has 5 nitrogen and oxygen atoms in total. The lowest BCUT2D eigenvalue weighted by Crippen LogP contribution is -2.41. The molecular weight excluding hydrogens is 416 g/mol. The molecule has 1 N–H and O–H groups in total. The number of hydrogen-bond acceptors (Lipinski definition) is 4. The number of fused-ring (bicyclic) bond motifs is 1. The largest absolute Gasteiger partial charge is 0.325 e. The van der Waals surface area contributed by atoms with Crippen LogP contribution >= 0.6 is 22.9 Å². The molecule has 1 fully saturated rings. The Balaban J connectivity index is 1.43. The van der Waals surface area contributed by atoms with E-state index < -0.39 is 10.0 Å². The Kier molecular flexibility index (Phi) is 5.42. The Hall–Kier alpha value is -1.93. The first kappa shape index (κ1) is 19.4. The molecule has 8 heteroatoms. The van der Waals surface area contributed by atoms with E-state index in [0.29, 0.717) is 30.3 Å². The van der Waals surface area contributed by atoms with Gasteiger partial charge in [-0.1, -0.05) is 48.0 Å². The summed E-state index contributed by atoms with van der Waals surface area (Å²) in [5.74, 6) is -0.273. The van der Waals surface area contributed by atoms with E-state index in [2.05, 4.69) is 5.32 Å². The molecule has 0 unspecified atom stereocenters. The first-order valence-electron chi connectivity index (χ1n) is 8.99. The average molecular weight is 435 g/mol. The summed E-state index contributed by atoms with van der Waals surface area (Å²) < 4.78 is 27.5. The van der Waals surface area contributed by atoms with Crippen LogP contribution in [0.2, 0.25) is 4.34 Å². The second kappa shape index (κ2) is 7.83. The van der Waals surface area contributed by atoms with Crippen molar-refractivity contribution in [1.82, 2.24) is 4.31 Å². The zero-order chi connectivity index (χ0) is 19.7. The fourth-order valence-electron chi connectivity index (χ4n) is 3.49. The van der Waals surface area contributed by atoms with Crippen LogP contribution in [0, 0.1) is 5.92 Å². The van der Waals surface area contributed by atoms with Gasteiger partial charge < -0.3 is 5.32 Å². The van der Waals surface area contributed by atoms with Crippen LogP contribution in [0.1, 0.15) is 12.8 Å². The van der Waals surface area contributed by atoms with Gasteiger partial charge in [0.15, 0.2) is 0 Å². The third-order valence-corrected chi connectivity index (χ3v) is 8.61. The van der Waals surface area contributed by atoms with Gasteiger partial charge in [-0.05, 0) is 36.4 Å². The van der Waals surface area contributed by atoms with Crippen molar-refractivity contribution in [2.75, 3.05) is 18.4 Å². The highest BCUT2D eigenvalue weighted by molar-refractivity contribution is 7.91. The summed E-state index contributed by atoms with van der Waals surface area (Å²) in [4.78, 5) is 12.7. The highest BCUT2D eigenvalue weighted by Crippen LogP contribution is 2.31. The van der Waals surface area contributed by atoms with Crippen LogP contribution in [-0.4, -0.2) is 31.7 Å². The molecule has 0 aliphatic carbocycles. The molecule has 3 aromatic rings. The van der Waals surface area contributed by atoms with Gasteiger partial charge >= 0.3 is 0 Å². The molecule has 2 heterocycles. The minimum Gasteiger partial charge on any atom is -0.325 e. The maximum Gasteiger partial charge on any atom is 0.252 e. The van der Waals surface area contributed by atoms with Crippen LogP contribution in [-0.2, 0) is 14.8 Å². The molecular formula is C20H19ClN2O3S2. The summed E-state index contributed by atoms with van der Waals surface area (Å²) >= 11 is 6.93. The number of carbonyl (C=O) groups is 1. The second-order valence-electron chi connectivity index (χ2n) is 6.75. The fourth-order valence-corrected chi connectivity index (χ4v) is 6.60. The smallest absolute Gasteiger partial charge is 0.252 e. The maximum atomic E-state index is 12.7. The van der Waals surface area contributed by atoms with Gasteiger partial charge in [-0.3, -0.25) is 4.79 Å². The highest BCUT2D eigenvalue weighted by Gasteiger charge is 2.33. The summed E-state index contributed by atoms with van der Waals surface area (Å²) in [6.45, 7) is 0.650. The normalized spacial score (nSPS) is 16.3. The molecule has 0 bridgehead atoms. The van der Waals surface area contributed by atoms with Crippen molar-refractivity contribution < 1.29 is 13.2 Å². The van der Waals surface area contributed by atoms with Crippen LogP contribution in [0.25, 0.3) is 10.8 Å². The highest BCUT2D eigenvalue weighted by atomic mass is 35.5. The van der Waals surface area contributed by atoms with E-state index in [-0.39, 0.29) is 16.0 Å². The summed E-state index contributed by atoms with van der Waals surface area (Å²) in [5.41, 5.74) is 0.784. The predicted molar refractivity (Wildman–Crippen MR) is 113 cm³/mol. The lowest BCUT2D eigenvalue weighted by atomic mass is 9.97. The number of nitrogens with one attached hydrogen (secondary N) is 1. The van der Waals surface area contributed by atoms with Crippen molar-refractivity contribution in [1.29, 1.82) is 0 Å². The number of sulfonamides is 1. The van der Waals surface area contributed by atoms with Gasteiger partial charge in [0.1, 0.15) is 4.21 Å². The van der Waals surface area contributed by atoms with Crippen molar-refractivity contribution in [2.24, 2.45) is 5.92 Å². The monoisotopic (exact) mass is 434 g/mol. The third-order valence-electron chi connectivity index (χ3n) is 5.01. The summed E-state index contributed by atoms with van der Waals surface area (Å²) in [6, 6.07) is 16.8. The van der Waals surface area contributed by atoms with Gasteiger partial charge in [0.25, 0.3) is 10.0 Å². The van der Waals surface area contributed by atoms with Crippen molar-refractivity contribution in [2.45, 2.75) is 17.1 Å². The Morgan fingerprint density at radius 1 is 1.04 bits per heavy atom. The van der Waals surface area contributed by atoms with E-state index in [4.69, 9.17) is 11.6 Å². The maximum absolute atomic E-state index is 12.7. The SMILES string of the molecule is O=C(Nc1cccc2ccccc12)C1CCN(S(=O)(=O)c2ccc(Cl)s2)CC1. The molecule has 4 rings (SSSR count). The molecule has 1 amide bonds. The number of hydrogen-bond donors (Lipinski definition) is 1. The van der Waals surface area contributed by atoms with Crippen molar-refractivity contribution >= 4 is 55.3 Å². The third kappa shape index (κ3) is 3.80. The summed E-state index contributed by atoms with van der Waals surface area (Å²) in [6.07, 6.45) is 0.990. The topological polar surface area (TPSA) is 66.5 Å². The van der Waals surface area contributed by atoms with Crippen LogP contribution in [0.3, 0.4) is 0 Å². The number of thiophene rings is 1. The first-order chi connectivity index (χ1) is 13.4. The molecule has 0 spiro atoms. The fraction of sp³-hybridized carbons (Fsp3) is 0.250. The molecule has 1 aliphatic rings. The lowest BCUT2D eigenvalue weighted by Gasteiger charge is -2.30. The van der Waals surface area contributed by atoms with Crippen molar-refractivity contribution in [3.05, 3.63) is 58.9 Å². The van der Waals surface area contributed by atoms with Gasteiger partial charge in [0, 0.05) is 30.1 Å². The van der Waals surface area contributed by atoms with Crippen LogP contribution < -0.4 is 5.32 Å². The second-order valence-corrected chi connectivity index (χ2v) is 10.6. The van der Waals surface area contributed by atoms with E-state index >= 15 is 0 Å². The number of nitrogens with zero attached hydrogens (tertiary/aromatic N) is 1. The number of benzene rings is 2. The molecule has 0 saturated carbocycles. The average Bonchev–Trinajstić information content (AvgIpc) is 3.15. The molecule has 28 heavy (non-hydrogen) atoms. The number of amides is 1. The van der Waals surface area contributed by atoms with Gasteiger partial charge in [-0.25, -0.2) is 8.42 Å². The van der Waals surface area contributed by atoms with E-state index in [0.717, 1.165) is 27.8 Å². The van der Waals surface area contributed by atoms with Gasteiger partial charge in [-0.2, -0.15) is 4.31 Å². The molecule has 0 atom stereocenters. The van der Waals surface area contributed by atoms with Crippen molar-refractivity contribution in [3.63, 3.8) is 0 Å². The molecule has 1 aromatic heterocycles. The zero-order valence-electron chi connectivity index (χ0n) is 15.0. The number of anilines is 1. The van der Waals surface area contributed by atoms with Crippen LogP contribution in [0.4, 0.5) is 5.69 Å². The first-order valence-corrected chi connectivity index (χ1v) is 11.6. The van der Waals surface area contributed by atoms with Crippen LogP contribution in [0.5, 0.6) is 0 Å². The predicted octanol–water partition coefficient (Wildman–Crippen LogP) is 4.59. The Morgan fingerprint density at radius 3 is 2.46 bits per heavy atom. The van der Waals surface area contributed by atoms with E-state index in [1.54, 1.807) is 6.07 Å². The van der Waals surface area contributed by atoms with Gasteiger partial charge in [-0.15, -0.1) is 11.3 Å². The molecule has 1 aliphatic heterocycles. The molecule has 0 radical (unpaired) electrons. The van der Waals surface area contributed by atoms with Crippen LogP contribution in [0.15, 0.2) is 58.8 Å². The zero-order valence-corrected chi connectivity index (χ0v) is 17.4. The molecule has 146 valence electrons. The van der Waals surface area contributed by atoms with Crippen molar-refractivity contribution in [3.8, 4) is 0 Å². The number of halogens is 1. The number of rotatable bonds is 4. The lowest BCUT2D eigenvalue weighted by molar-refractivity contribution is -0.120. The Labute approximate surface area is 173 Å².